The number of hydrogen-bond acceptors (Lipinski definition) is 7. The molecule has 31 heavy (non-hydrogen) atoms. The van der Waals surface area contributed by atoms with Gasteiger partial charge in [-0.15, -0.1) is 0 Å². The molecular formula is C23H24N2O5S. The quantitative estimate of drug-likeness (QED) is 0.615. The van der Waals surface area contributed by atoms with Crippen molar-refractivity contribution in [3.8, 4) is 23.0 Å². The van der Waals surface area contributed by atoms with Crippen molar-refractivity contribution in [2.24, 2.45) is 0 Å². The van der Waals surface area contributed by atoms with Gasteiger partial charge in [-0.1, -0.05) is 37.5 Å². The number of rotatable bonds is 5. The summed E-state index contributed by atoms with van der Waals surface area (Å²) in [6.45, 7) is 0.825. The molecule has 0 unspecified atom stereocenters. The van der Waals surface area contributed by atoms with E-state index in [-0.39, 0.29) is 27.7 Å². The standard InChI is InChI=1S/C23H24N2O5S/c26-31(27,18-11-12-19-20(15-18)29-14-13-28-19)23-22(24-17-9-5-2-6-10-17)30-21(25-23)16-7-3-1-4-8-16/h1,3-4,7-8,11-12,15,17,24H,2,5-6,9-10,13-14H2. The predicted molar refractivity (Wildman–Crippen MR) is 115 cm³/mol. The summed E-state index contributed by atoms with van der Waals surface area (Å²) in [5.41, 5.74) is 0.720. The number of nitrogens with zero attached hydrogens (tertiary/aromatic N) is 1. The molecule has 0 radical (unpaired) electrons. The fourth-order valence-corrected chi connectivity index (χ4v) is 5.30. The third-order valence-electron chi connectivity index (χ3n) is 5.64. The van der Waals surface area contributed by atoms with Gasteiger partial charge in [-0.25, -0.2) is 8.42 Å². The van der Waals surface area contributed by atoms with Crippen LogP contribution in [0.4, 0.5) is 5.88 Å². The van der Waals surface area contributed by atoms with Crippen molar-refractivity contribution in [1.82, 2.24) is 4.98 Å². The summed E-state index contributed by atoms with van der Waals surface area (Å²) in [4.78, 5) is 4.51. The Morgan fingerprint density at radius 1 is 0.903 bits per heavy atom. The number of nitrogens with one attached hydrogen (secondary N) is 1. The number of sulfone groups is 1. The molecule has 1 saturated carbocycles. The van der Waals surface area contributed by atoms with Crippen molar-refractivity contribution in [3.63, 3.8) is 0 Å². The maximum Gasteiger partial charge on any atom is 0.234 e. The van der Waals surface area contributed by atoms with E-state index in [2.05, 4.69) is 10.3 Å². The van der Waals surface area contributed by atoms with E-state index in [1.807, 2.05) is 30.3 Å². The van der Waals surface area contributed by atoms with Crippen LogP contribution in [0, 0.1) is 0 Å². The summed E-state index contributed by atoms with van der Waals surface area (Å²) in [5.74, 6) is 1.42. The minimum atomic E-state index is -3.94. The molecule has 8 heteroatoms. The smallest absolute Gasteiger partial charge is 0.234 e. The normalized spacial score (nSPS) is 16.8. The van der Waals surface area contributed by atoms with Crippen molar-refractivity contribution in [2.45, 2.75) is 48.1 Å². The summed E-state index contributed by atoms with van der Waals surface area (Å²) in [7, 11) is -3.94. The molecule has 0 amide bonds. The van der Waals surface area contributed by atoms with E-state index >= 15 is 0 Å². The molecule has 1 N–H and O–H groups in total. The Morgan fingerprint density at radius 2 is 1.65 bits per heavy atom. The van der Waals surface area contributed by atoms with Crippen molar-refractivity contribution in [1.29, 1.82) is 0 Å². The number of hydrogen-bond donors (Lipinski definition) is 1. The Bertz CT molecular complexity index is 1170. The lowest BCUT2D eigenvalue weighted by Gasteiger charge is -2.22. The molecule has 2 aromatic carbocycles. The Balaban J connectivity index is 1.56. The topological polar surface area (TPSA) is 90.7 Å². The van der Waals surface area contributed by atoms with Crippen molar-refractivity contribution >= 4 is 15.7 Å². The zero-order chi connectivity index (χ0) is 21.3. The van der Waals surface area contributed by atoms with Crippen LogP contribution in [-0.4, -0.2) is 32.7 Å². The highest BCUT2D eigenvalue weighted by molar-refractivity contribution is 7.91. The van der Waals surface area contributed by atoms with Gasteiger partial charge in [0.05, 0.1) is 4.90 Å². The highest BCUT2D eigenvalue weighted by Gasteiger charge is 2.31. The van der Waals surface area contributed by atoms with E-state index < -0.39 is 9.84 Å². The monoisotopic (exact) mass is 440 g/mol. The third kappa shape index (κ3) is 3.99. The maximum absolute atomic E-state index is 13.6. The molecule has 1 aliphatic carbocycles. The fourth-order valence-electron chi connectivity index (χ4n) is 4.02. The Hall–Kier alpha value is -3.00. The van der Waals surface area contributed by atoms with Crippen LogP contribution in [0.1, 0.15) is 32.1 Å². The summed E-state index contributed by atoms with van der Waals surface area (Å²) >= 11 is 0. The second-order valence-electron chi connectivity index (χ2n) is 7.81. The first-order valence-electron chi connectivity index (χ1n) is 10.6. The molecular weight excluding hydrogens is 416 g/mol. The lowest BCUT2D eigenvalue weighted by atomic mass is 9.96. The average Bonchev–Trinajstić information content (AvgIpc) is 3.24. The van der Waals surface area contributed by atoms with E-state index in [0.29, 0.717) is 24.7 Å². The molecule has 5 rings (SSSR count). The molecule has 1 fully saturated rings. The first kappa shape index (κ1) is 19.9. The summed E-state index contributed by atoms with van der Waals surface area (Å²) in [5, 5.41) is 3.21. The van der Waals surface area contributed by atoms with Crippen LogP contribution >= 0.6 is 0 Å². The lowest BCUT2D eigenvalue weighted by Crippen LogP contribution is -2.23. The molecule has 0 atom stereocenters. The lowest BCUT2D eigenvalue weighted by molar-refractivity contribution is 0.171. The minimum absolute atomic E-state index is 0.0938. The van der Waals surface area contributed by atoms with Crippen LogP contribution in [0.2, 0.25) is 0 Å². The average molecular weight is 441 g/mol. The zero-order valence-corrected chi connectivity index (χ0v) is 17.9. The summed E-state index contributed by atoms with van der Waals surface area (Å²) in [6, 6.07) is 14.1. The van der Waals surface area contributed by atoms with E-state index in [1.54, 1.807) is 6.07 Å². The number of oxazole rings is 1. The van der Waals surface area contributed by atoms with Crippen LogP contribution in [0.25, 0.3) is 11.5 Å². The second kappa shape index (κ2) is 8.26. The highest BCUT2D eigenvalue weighted by atomic mass is 32.2. The van der Waals surface area contributed by atoms with Crippen molar-refractivity contribution in [2.75, 3.05) is 18.5 Å². The maximum atomic E-state index is 13.6. The van der Waals surface area contributed by atoms with E-state index in [4.69, 9.17) is 13.9 Å². The van der Waals surface area contributed by atoms with Crippen LogP contribution in [0.15, 0.2) is 62.9 Å². The van der Waals surface area contributed by atoms with Gasteiger partial charge in [0.15, 0.2) is 11.5 Å². The molecule has 3 aromatic rings. The van der Waals surface area contributed by atoms with Gasteiger partial charge < -0.3 is 19.2 Å². The van der Waals surface area contributed by atoms with E-state index in [1.165, 1.54) is 18.6 Å². The summed E-state index contributed by atoms with van der Waals surface area (Å²) < 4.78 is 44.2. The van der Waals surface area contributed by atoms with Crippen LogP contribution < -0.4 is 14.8 Å². The van der Waals surface area contributed by atoms with Gasteiger partial charge >= 0.3 is 0 Å². The molecule has 0 spiro atoms. The number of ether oxygens (including phenoxy) is 2. The zero-order valence-electron chi connectivity index (χ0n) is 17.0. The van der Waals surface area contributed by atoms with Gasteiger partial charge in [0.25, 0.3) is 0 Å². The van der Waals surface area contributed by atoms with Crippen molar-refractivity contribution < 1.29 is 22.3 Å². The van der Waals surface area contributed by atoms with Gasteiger partial charge in [-0.3, -0.25) is 0 Å². The highest BCUT2D eigenvalue weighted by Crippen LogP contribution is 2.37. The fraction of sp³-hybridized carbons (Fsp3) is 0.348. The van der Waals surface area contributed by atoms with Gasteiger partial charge in [0, 0.05) is 17.7 Å². The van der Waals surface area contributed by atoms with Gasteiger partial charge in [0.2, 0.25) is 26.6 Å². The molecule has 7 nitrogen and oxygen atoms in total. The molecule has 2 aliphatic rings. The first-order chi connectivity index (χ1) is 15.1. The van der Waals surface area contributed by atoms with Crippen LogP contribution in [0.3, 0.4) is 0 Å². The van der Waals surface area contributed by atoms with Gasteiger partial charge in [-0.05, 0) is 37.1 Å². The molecule has 1 aliphatic heterocycles. The first-order valence-corrected chi connectivity index (χ1v) is 12.1. The Labute approximate surface area is 181 Å². The van der Waals surface area contributed by atoms with E-state index in [0.717, 1.165) is 31.2 Å². The predicted octanol–water partition coefficient (Wildman–Crippen LogP) is 4.69. The largest absolute Gasteiger partial charge is 0.486 e. The third-order valence-corrected chi connectivity index (χ3v) is 7.30. The molecule has 1 aromatic heterocycles. The van der Waals surface area contributed by atoms with Crippen LogP contribution in [-0.2, 0) is 9.84 Å². The Kier molecular flexibility index (Phi) is 5.31. The van der Waals surface area contributed by atoms with E-state index in [9.17, 15) is 8.42 Å². The molecule has 2 heterocycles. The second-order valence-corrected chi connectivity index (χ2v) is 9.67. The number of aromatic nitrogens is 1. The number of anilines is 1. The Morgan fingerprint density at radius 3 is 2.42 bits per heavy atom. The minimum Gasteiger partial charge on any atom is -0.486 e. The van der Waals surface area contributed by atoms with Crippen molar-refractivity contribution in [3.05, 3.63) is 48.5 Å². The molecule has 0 bridgehead atoms. The van der Waals surface area contributed by atoms with Gasteiger partial charge in [-0.2, -0.15) is 4.98 Å². The summed E-state index contributed by atoms with van der Waals surface area (Å²) in [6.07, 6.45) is 5.38. The van der Waals surface area contributed by atoms with Gasteiger partial charge in [0.1, 0.15) is 13.2 Å². The molecule has 162 valence electrons. The number of fused-ring (bicyclic) bond motifs is 1. The number of benzene rings is 2. The molecule has 0 saturated heterocycles. The van der Waals surface area contributed by atoms with Crippen LogP contribution in [0.5, 0.6) is 11.5 Å². The SMILES string of the molecule is O=S(=O)(c1ccc2c(c1)OCCO2)c1nc(-c2ccccc2)oc1NC1CCCCC1.